The first-order valence-corrected chi connectivity index (χ1v) is 14.4. The normalized spacial score (nSPS) is 12.0. The third kappa shape index (κ3) is 7.40. The molecule has 224 valence electrons. The Morgan fingerprint density at radius 3 is 2.55 bits per heavy atom. The Bertz CT molecular complexity index is 1460. The average Bonchev–Trinajstić information content (AvgIpc) is 3.42. The highest BCUT2D eigenvalue weighted by Gasteiger charge is 2.25. The van der Waals surface area contributed by atoms with E-state index in [1.54, 1.807) is 14.0 Å². The summed E-state index contributed by atoms with van der Waals surface area (Å²) >= 11 is 6.40. The van der Waals surface area contributed by atoms with Crippen molar-refractivity contribution in [1.82, 2.24) is 15.0 Å². The third-order valence-corrected chi connectivity index (χ3v) is 7.73. The number of carbonyl (C=O) groups is 1. The molecule has 1 aromatic heterocycles. The second-order valence-corrected chi connectivity index (χ2v) is 10.4. The first-order chi connectivity index (χ1) is 20.4. The van der Waals surface area contributed by atoms with Crippen molar-refractivity contribution in [3.05, 3.63) is 81.4 Å². The van der Waals surface area contributed by atoms with Crippen LogP contribution in [0.25, 0.3) is 11.0 Å². The zero-order valence-electron chi connectivity index (χ0n) is 24.6. The summed E-state index contributed by atoms with van der Waals surface area (Å²) < 4.78 is 23.7. The summed E-state index contributed by atoms with van der Waals surface area (Å²) in [7, 11) is 3.18. The molecule has 1 unspecified atom stereocenters. The van der Waals surface area contributed by atoms with Crippen LogP contribution < -0.4 is 9.47 Å². The Kier molecular flexibility index (Phi) is 11.2. The van der Waals surface area contributed by atoms with Crippen molar-refractivity contribution in [1.29, 1.82) is 0 Å². The predicted molar refractivity (Wildman–Crippen MR) is 161 cm³/mol. The van der Waals surface area contributed by atoms with Crippen LogP contribution in [0.15, 0.2) is 48.5 Å². The molecule has 0 radical (unpaired) electrons. The molecule has 3 aromatic carbocycles. The summed E-state index contributed by atoms with van der Waals surface area (Å²) in [5.74, 6) is 0.582. The minimum absolute atomic E-state index is 0.112. The van der Waals surface area contributed by atoms with Gasteiger partial charge in [0.05, 0.1) is 51.0 Å². The number of fused-ring (bicyclic) bond motifs is 1. The zero-order valence-corrected chi connectivity index (χ0v) is 25.3. The molecular weight excluding hydrogens is 558 g/mol. The fourth-order valence-corrected chi connectivity index (χ4v) is 5.29. The van der Waals surface area contributed by atoms with E-state index in [1.807, 2.05) is 60.1 Å². The summed E-state index contributed by atoms with van der Waals surface area (Å²) in [5.41, 5.74) is 5.97. The molecule has 10 heteroatoms. The van der Waals surface area contributed by atoms with Crippen LogP contribution in [0.1, 0.15) is 59.9 Å². The van der Waals surface area contributed by atoms with Crippen molar-refractivity contribution in [3.8, 4) is 11.5 Å². The number of carbonyl (C=O) groups excluding carboxylic acids is 1. The van der Waals surface area contributed by atoms with Gasteiger partial charge in [0.1, 0.15) is 17.0 Å². The number of ether oxygens (including phenoxy) is 4. The molecule has 4 rings (SSSR count). The summed E-state index contributed by atoms with van der Waals surface area (Å²) in [5, 5.41) is 19.2. The topological polar surface area (TPSA) is 105 Å². The van der Waals surface area contributed by atoms with Crippen LogP contribution in [-0.2, 0) is 34.0 Å². The van der Waals surface area contributed by atoms with E-state index in [0.29, 0.717) is 36.1 Å². The standard InChI is InChI=1S/C32H38ClN3O6/c1-5-42-30(38)18-27(23-16-24(19-37)31(33)29(17-23)40-4)26-12-13-28-32(21(26)2)34-35-36(28)14-6-7-15-41-20-22-8-10-25(39-3)11-9-22/h8-13,16-17,27,37H,5-7,14-15,18-20H2,1-4H3. The Balaban J connectivity index is 1.48. The lowest BCUT2D eigenvalue weighted by atomic mass is 9.84. The first-order valence-electron chi connectivity index (χ1n) is 14.1. The van der Waals surface area contributed by atoms with E-state index >= 15 is 0 Å². The molecule has 0 aliphatic carbocycles. The van der Waals surface area contributed by atoms with Crippen molar-refractivity contribution in [2.45, 2.75) is 58.8 Å². The van der Waals surface area contributed by atoms with E-state index in [1.165, 1.54) is 7.11 Å². The first kappa shape index (κ1) is 31.3. The highest BCUT2D eigenvalue weighted by atomic mass is 35.5. The number of aromatic nitrogens is 3. The maximum absolute atomic E-state index is 12.7. The zero-order chi connectivity index (χ0) is 30.1. The van der Waals surface area contributed by atoms with Gasteiger partial charge in [-0.05, 0) is 73.2 Å². The van der Waals surface area contributed by atoms with Crippen molar-refractivity contribution >= 4 is 28.6 Å². The summed E-state index contributed by atoms with van der Waals surface area (Å²) in [6.07, 6.45) is 1.89. The van der Waals surface area contributed by atoms with Crippen LogP contribution in [-0.4, -0.2) is 53.5 Å². The van der Waals surface area contributed by atoms with Crippen LogP contribution in [0.2, 0.25) is 5.02 Å². The third-order valence-electron chi connectivity index (χ3n) is 7.30. The van der Waals surface area contributed by atoms with Gasteiger partial charge in [-0.15, -0.1) is 5.10 Å². The molecule has 9 nitrogen and oxygen atoms in total. The van der Waals surface area contributed by atoms with E-state index < -0.39 is 0 Å². The molecule has 1 atom stereocenters. The number of nitrogens with zero attached hydrogens (tertiary/aromatic N) is 3. The SMILES string of the molecule is CCOC(=O)CC(c1cc(CO)c(Cl)c(OC)c1)c1ccc2c(nnn2CCCCOCc2ccc(OC)cc2)c1C. The molecule has 42 heavy (non-hydrogen) atoms. The van der Waals surface area contributed by atoms with Crippen LogP contribution >= 0.6 is 11.6 Å². The van der Waals surface area contributed by atoms with Crippen LogP contribution in [0.3, 0.4) is 0 Å². The number of aliphatic hydroxyl groups is 1. The van der Waals surface area contributed by atoms with Gasteiger partial charge in [-0.2, -0.15) is 0 Å². The van der Waals surface area contributed by atoms with Crippen molar-refractivity contribution < 1.29 is 28.8 Å². The number of aliphatic hydroxyl groups excluding tert-OH is 1. The number of methoxy groups -OCH3 is 2. The number of halogens is 1. The highest BCUT2D eigenvalue weighted by Crippen LogP contribution is 2.38. The lowest BCUT2D eigenvalue weighted by Crippen LogP contribution is -2.13. The Labute approximate surface area is 251 Å². The number of aryl methyl sites for hydroxylation is 2. The van der Waals surface area contributed by atoms with E-state index in [9.17, 15) is 9.90 Å². The number of rotatable bonds is 15. The molecular formula is C32H38ClN3O6. The van der Waals surface area contributed by atoms with Gasteiger partial charge >= 0.3 is 5.97 Å². The van der Waals surface area contributed by atoms with E-state index in [-0.39, 0.29) is 31.5 Å². The summed E-state index contributed by atoms with van der Waals surface area (Å²) in [6, 6.07) is 15.5. The number of unbranched alkanes of at least 4 members (excludes halogenated alkanes) is 1. The van der Waals surface area contributed by atoms with Crippen LogP contribution in [0, 0.1) is 6.92 Å². The fraction of sp³-hybridized carbons (Fsp3) is 0.406. The predicted octanol–water partition coefficient (Wildman–Crippen LogP) is 5.98. The van der Waals surface area contributed by atoms with Gasteiger partial charge in [0, 0.05) is 24.6 Å². The molecule has 0 aliphatic heterocycles. The quantitative estimate of drug-likeness (QED) is 0.132. The number of benzene rings is 3. The molecule has 0 amide bonds. The molecule has 0 bridgehead atoms. The molecule has 0 saturated heterocycles. The minimum atomic E-state index is -0.363. The molecule has 4 aromatic rings. The molecule has 0 fully saturated rings. The maximum atomic E-state index is 12.7. The van der Waals surface area contributed by atoms with Gasteiger partial charge in [0.2, 0.25) is 0 Å². The van der Waals surface area contributed by atoms with Crippen molar-refractivity contribution in [3.63, 3.8) is 0 Å². The van der Waals surface area contributed by atoms with Crippen molar-refractivity contribution in [2.75, 3.05) is 27.4 Å². The van der Waals surface area contributed by atoms with Crippen LogP contribution in [0.5, 0.6) is 11.5 Å². The van der Waals surface area contributed by atoms with Gasteiger partial charge < -0.3 is 24.1 Å². The minimum Gasteiger partial charge on any atom is -0.497 e. The molecule has 1 heterocycles. The molecule has 0 saturated carbocycles. The maximum Gasteiger partial charge on any atom is 0.306 e. The lowest BCUT2D eigenvalue weighted by Gasteiger charge is -2.22. The van der Waals surface area contributed by atoms with Crippen molar-refractivity contribution in [2.24, 2.45) is 0 Å². The average molecular weight is 596 g/mol. The summed E-state index contributed by atoms with van der Waals surface area (Å²) in [6.45, 7) is 5.72. The monoisotopic (exact) mass is 595 g/mol. The second kappa shape index (κ2) is 15.0. The lowest BCUT2D eigenvalue weighted by molar-refractivity contribution is -0.143. The smallest absolute Gasteiger partial charge is 0.306 e. The Morgan fingerprint density at radius 2 is 1.86 bits per heavy atom. The number of hydrogen-bond donors (Lipinski definition) is 1. The highest BCUT2D eigenvalue weighted by molar-refractivity contribution is 6.32. The van der Waals surface area contributed by atoms with Gasteiger partial charge in [0.15, 0.2) is 0 Å². The van der Waals surface area contributed by atoms with Crippen LogP contribution in [0.4, 0.5) is 0 Å². The molecule has 0 aliphatic rings. The number of hydrogen-bond acceptors (Lipinski definition) is 8. The van der Waals surface area contributed by atoms with Gasteiger partial charge in [-0.25, -0.2) is 4.68 Å². The van der Waals surface area contributed by atoms with E-state index in [2.05, 4.69) is 10.3 Å². The van der Waals surface area contributed by atoms with Gasteiger partial charge in [-0.3, -0.25) is 4.79 Å². The van der Waals surface area contributed by atoms with Gasteiger partial charge in [0.25, 0.3) is 0 Å². The summed E-state index contributed by atoms with van der Waals surface area (Å²) in [4.78, 5) is 12.7. The van der Waals surface area contributed by atoms with E-state index in [0.717, 1.165) is 51.9 Å². The Hall–Kier alpha value is -3.66. The van der Waals surface area contributed by atoms with E-state index in [4.69, 9.17) is 30.5 Å². The largest absolute Gasteiger partial charge is 0.497 e. The Morgan fingerprint density at radius 1 is 1.07 bits per heavy atom. The second-order valence-electron chi connectivity index (χ2n) is 9.98. The number of esters is 1. The molecule has 0 spiro atoms. The fourth-order valence-electron chi connectivity index (χ4n) is 5.04. The van der Waals surface area contributed by atoms with Gasteiger partial charge in [-0.1, -0.05) is 41.1 Å². The molecule has 1 N–H and O–H groups in total.